The van der Waals surface area contributed by atoms with E-state index in [2.05, 4.69) is 0 Å². The van der Waals surface area contributed by atoms with Crippen LogP contribution in [-0.4, -0.2) is 34.5 Å². The van der Waals surface area contributed by atoms with Gasteiger partial charge in [-0.15, -0.1) is 0 Å². The van der Waals surface area contributed by atoms with Crippen molar-refractivity contribution in [2.75, 3.05) is 11.6 Å². The van der Waals surface area contributed by atoms with E-state index in [1.807, 2.05) is 66.7 Å². The first-order valence-electron chi connectivity index (χ1n) is 10.7. The average molecular weight is 445 g/mol. The number of nitro groups is 1. The van der Waals surface area contributed by atoms with E-state index in [9.17, 15) is 19.7 Å². The fraction of sp³-hybridized carbons (Fsp3) is 0.200. The van der Waals surface area contributed by atoms with Crippen LogP contribution in [0.2, 0.25) is 0 Å². The van der Waals surface area contributed by atoms with Gasteiger partial charge >= 0.3 is 12.0 Å². The third-order valence-electron chi connectivity index (χ3n) is 5.55. The number of nitrogens with zero attached hydrogens (tertiary/aromatic N) is 3. The summed E-state index contributed by atoms with van der Waals surface area (Å²) in [5, 5.41) is 11.7. The van der Waals surface area contributed by atoms with Gasteiger partial charge in [0.2, 0.25) is 0 Å². The summed E-state index contributed by atoms with van der Waals surface area (Å²) in [6, 6.07) is 24.2. The summed E-state index contributed by atoms with van der Waals surface area (Å²) in [6.07, 6.45) is 0.241. The number of amides is 2. The number of carbonyl (C=O) groups excluding carboxylic acids is 2. The van der Waals surface area contributed by atoms with Crippen molar-refractivity contribution in [2.45, 2.75) is 25.5 Å². The van der Waals surface area contributed by atoms with Crippen molar-refractivity contribution < 1.29 is 19.4 Å². The molecule has 8 heteroatoms. The zero-order chi connectivity index (χ0) is 23.2. The summed E-state index contributed by atoms with van der Waals surface area (Å²) in [5.74, 6) is -0.764. The Hall–Kier alpha value is -4.20. The molecule has 0 spiro atoms. The van der Waals surface area contributed by atoms with Gasteiger partial charge in [0.1, 0.15) is 18.3 Å². The van der Waals surface area contributed by atoms with Crippen LogP contribution in [0.15, 0.2) is 84.9 Å². The molecule has 0 aromatic heterocycles. The van der Waals surface area contributed by atoms with Crippen molar-refractivity contribution in [1.82, 2.24) is 4.90 Å². The number of ether oxygens (including phenoxy) is 1. The molecule has 8 nitrogen and oxygen atoms in total. The van der Waals surface area contributed by atoms with Crippen LogP contribution in [0, 0.1) is 10.1 Å². The number of anilines is 1. The van der Waals surface area contributed by atoms with Gasteiger partial charge in [-0.05, 0) is 46.7 Å². The highest BCUT2D eigenvalue weighted by Gasteiger charge is 2.42. The van der Waals surface area contributed by atoms with E-state index in [1.54, 1.807) is 12.1 Å². The SMILES string of the molecule is O=C(OCc1ccccc1)N1CCCC1C(=O)N(c1cccc(-c2ccccc2)c1)[N+](=O)[O-]. The number of rotatable bonds is 6. The van der Waals surface area contributed by atoms with Crippen molar-refractivity contribution >= 4 is 17.7 Å². The average Bonchev–Trinajstić information content (AvgIpc) is 3.34. The molecule has 33 heavy (non-hydrogen) atoms. The summed E-state index contributed by atoms with van der Waals surface area (Å²) in [4.78, 5) is 39.1. The van der Waals surface area contributed by atoms with Crippen molar-refractivity contribution in [2.24, 2.45) is 0 Å². The number of hydrazine groups is 1. The summed E-state index contributed by atoms with van der Waals surface area (Å²) in [6.45, 7) is 0.370. The summed E-state index contributed by atoms with van der Waals surface area (Å²) in [5.41, 5.74) is 2.58. The van der Waals surface area contributed by atoms with Crippen LogP contribution in [-0.2, 0) is 16.1 Å². The first-order valence-corrected chi connectivity index (χ1v) is 10.7. The zero-order valence-electron chi connectivity index (χ0n) is 17.9. The second-order valence-corrected chi connectivity index (χ2v) is 7.70. The van der Waals surface area contributed by atoms with Gasteiger partial charge in [0.15, 0.2) is 5.03 Å². The number of likely N-dealkylation sites (tertiary alicyclic amines) is 1. The molecule has 4 rings (SSSR count). The topological polar surface area (TPSA) is 93.0 Å². The van der Waals surface area contributed by atoms with Crippen LogP contribution in [0.5, 0.6) is 0 Å². The molecule has 2 amide bonds. The highest BCUT2D eigenvalue weighted by atomic mass is 16.7. The Morgan fingerprint density at radius 2 is 1.64 bits per heavy atom. The lowest BCUT2D eigenvalue weighted by atomic mass is 10.0. The Labute approximate surface area is 191 Å². The van der Waals surface area contributed by atoms with Crippen LogP contribution in [0.3, 0.4) is 0 Å². The summed E-state index contributed by atoms with van der Waals surface area (Å²) < 4.78 is 5.36. The van der Waals surface area contributed by atoms with Crippen molar-refractivity contribution in [3.8, 4) is 11.1 Å². The Morgan fingerprint density at radius 3 is 2.33 bits per heavy atom. The van der Waals surface area contributed by atoms with Gasteiger partial charge < -0.3 is 4.74 Å². The molecule has 1 heterocycles. The lowest BCUT2D eigenvalue weighted by Crippen LogP contribution is -2.50. The maximum absolute atomic E-state index is 13.3. The molecule has 0 bridgehead atoms. The molecule has 1 unspecified atom stereocenters. The second-order valence-electron chi connectivity index (χ2n) is 7.70. The Morgan fingerprint density at radius 1 is 0.970 bits per heavy atom. The van der Waals surface area contributed by atoms with E-state index < -0.39 is 23.1 Å². The van der Waals surface area contributed by atoms with Gasteiger partial charge in [-0.1, -0.05) is 72.8 Å². The van der Waals surface area contributed by atoms with Crippen LogP contribution in [0.25, 0.3) is 11.1 Å². The standard InChI is InChI=1S/C25H23N3O5/c29-24(23-15-8-16-26(23)25(30)33-18-19-9-3-1-4-10-19)27(28(31)32)22-14-7-13-21(17-22)20-11-5-2-6-12-20/h1-7,9-14,17,23H,8,15-16,18H2. The van der Waals surface area contributed by atoms with E-state index >= 15 is 0 Å². The molecule has 1 aliphatic rings. The third-order valence-corrected chi connectivity index (χ3v) is 5.55. The maximum atomic E-state index is 13.3. The van der Waals surface area contributed by atoms with Gasteiger partial charge in [-0.2, -0.15) is 0 Å². The van der Waals surface area contributed by atoms with E-state index in [0.29, 0.717) is 24.4 Å². The largest absolute Gasteiger partial charge is 0.445 e. The zero-order valence-corrected chi connectivity index (χ0v) is 17.9. The second kappa shape index (κ2) is 9.95. The van der Waals surface area contributed by atoms with Crippen LogP contribution >= 0.6 is 0 Å². The van der Waals surface area contributed by atoms with E-state index in [0.717, 1.165) is 16.7 Å². The van der Waals surface area contributed by atoms with Gasteiger partial charge in [0, 0.05) is 6.54 Å². The van der Waals surface area contributed by atoms with Crippen molar-refractivity contribution in [3.63, 3.8) is 0 Å². The van der Waals surface area contributed by atoms with Gasteiger partial charge in [0.25, 0.3) is 0 Å². The quantitative estimate of drug-likeness (QED) is 0.406. The molecule has 1 fully saturated rings. The molecule has 3 aromatic rings. The van der Waals surface area contributed by atoms with Gasteiger partial charge in [0.05, 0.1) is 0 Å². The van der Waals surface area contributed by atoms with Crippen LogP contribution in [0.1, 0.15) is 18.4 Å². The molecule has 0 saturated carbocycles. The molecule has 1 saturated heterocycles. The first-order chi connectivity index (χ1) is 16.0. The van der Waals surface area contributed by atoms with E-state index in [1.165, 1.54) is 11.0 Å². The molecule has 1 aliphatic heterocycles. The predicted octanol–water partition coefficient (Wildman–Crippen LogP) is 4.68. The number of carbonyl (C=O) groups is 2. The molecular formula is C25H23N3O5. The molecule has 0 N–H and O–H groups in total. The molecule has 1 atom stereocenters. The molecule has 168 valence electrons. The molecule has 0 radical (unpaired) electrons. The van der Waals surface area contributed by atoms with Gasteiger partial charge in [-0.3, -0.25) is 9.69 Å². The van der Waals surface area contributed by atoms with Crippen molar-refractivity contribution in [3.05, 3.63) is 101 Å². The van der Waals surface area contributed by atoms with Crippen LogP contribution < -0.4 is 5.01 Å². The summed E-state index contributed by atoms with van der Waals surface area (Å²) in [7, 11) is 0. The molecular weight excluding hydrogens is 422 g/mol. The molecule has 3 aromatic carbocycles. The Kier molecular flexibility index (Phi) is 6.64. The first kappa shape index (κ1) is 22.0. The Balaban J connectivity index is 1.53. The highest BCUT2D eigenvalue weighted by Crippen LogP contribution is 2.28. The smallest absolute Gasteiger partial charge is 0.410 e. The fourth-order valence-electron chi connectivity index (χ4n) is 3.94. The van der Waals surface area contributed by atoms with E-state index in [-0.39, 0.29) is 12.3 Å². The monoisotopic (exact) mass is 445 g/mol. The number of hydrogen-bond donors (Lipinski definition) is 0. The fourth-order valence-corrected chi connectivity index (χ4v) is 3.94. The number of benzene rings is 3. The van der Waals surface area contributed by atoms with Crippen molar-refractivity contribution in [1.29, 1.82) is 0 Å². The minimum absolute atomic E-state index is 0.0646. The normalized spacial score (nSPS) is 15.2. The highest BCUT2D eigenvalue weighted by molar-refractivity contribution is 5.97. The van der Waals surface area contributed by atoms with Gasteiger partial charge in [-0.25, -0.2) is 14.9 Å². The lowest BCUT2D eigenvalue weighted by Gasteiger charge is -2.25. The summed E-state index contributed by atoms with van der Waals surface area (Å²) >= 11 is 0. The lowest BCUT2D eigenvalue weighted by molar-refractivity contribution is -0.484. The number of hydrogen-bond acceptors (Lipinski definition) is 5. The van der Waals surface area contributed by atoms with E-state index in [4.69, 9.17) is 4.74 Å². The maximum Gasteiger partial charge on any atom is 0.410 e. The predicted molar refractivity (Wildman–Crippen MR) is 123 cm³/mol. The third kappa shape index (κ3) is 5.01. The van der Waals surface area contributed by atoms with Crippen LogP contribution in [0.4, 0.5) is 10.5 Å². The Bertz CT molecular complexity index is 1140. The minimum atomic E-state index is -0.959. The molecule has 0 aliphatic carbocycles. The minimum Gasteiger partial charge on any atom is -0.445 e.